The van der Waals surface area contributed by atoms with E-state index in [1.54, 1.807) is 0 Å². The zero-order valence-electron chi connectivity index (χ0n) is 7.08. The highest BCUT2D eigenvalue weighted by Crippen LogP contribution is 2.18. The lowest BCUT2D eigenvalue weighted by Gasteiger charge is -2.08. The van der Waals surface area contributed by atoms with Crippen molar-refractivity contribution in [3.05, 3.63) is 12.2 Å². The maximum absolute atomic E-state index is 9.78. The van der Waals surface area contributed by atoms with Crippen molar-refractivity contribution >= 4 is 6.08 Å². The molecule has 3 nitrogen and oxygen atoms in total. The SMILES string of the molecule is C=C(CN=C=O)CC1CCCO1. The second kappa shape index (κ2) is 4.86. The minimum atomic E-state index is 0.305. The van der Waals surface area contributed by atoms with Gasteiger partial charge in [0.05, 0.1) is 12.6 Å². The molecule has 0 aliphatic carbocycles. The second-order valence-electron chi connectivity index (χ2n) is 3.00. The van der Waals surface area contributed by atoms with E-state index in [1.165, 1.54) is 6.08 Å². The van der Waals surface area contributed by atoms with Crippen molar-refractivity contribution in [3.63, 3.8) is 0 Å². The summed E-state index contributed by atoms with van der Waals surface area (Å²) in [6.45, 7) is 5.05. The van der Waals surface area contributed by atoms with Gasteiger partial charge in [-0.05, 0) is 19.3 Å². The topological polar surface area (TPSA) is 38.7 Å². The van der Waals surface area contributed by atoms with Gasteiger partial charge in [-0.3, -0.25) is 0 Å². The molecule has 0 bridgehead atoms. The van der Waals surface area contributed by atoms with Crippen molar-refractivity contribution in [1.82, 2.24) is 0 Å². The number of isocyanates is 1. The molecule has 1 heterocycles. The first-order valence-electron chi connectivity index (χ1n) is 4.15. The van der Waals surface area contributed by atoms with Crippen LogP contribution in [0.3, 0.4) is 0 Å². The molecule has 0 aromatic carbocycles. The molecule has 1 aliphatic heterocycles. The summed E-state index contributed by atoms with van der Waals surface area (Å²) in [7, 11) is 0. The molecule has 0 aromatic heterocycles. The molecule has 66 valence electrons. The molecule has 0 radical (unpaired) electrons. The fourth-order valence-corrected chi connectivity index (χ4v) is 1.34. The van der Waals surface area contributed by atoms with Gasteiger partial charge in [0.15, 0.2) is 0 Å². The molecule has 1 atom stereocenters. The summed E-state index contributed by atoms with van der Waals surface area (Å²) in [6, 6.07) is 0. The second-order valence-corrected chi connectivity index (χ2v) is 3.00. The number of ether oxygens (including phenoxy) is 1. The van der Waals surface area contributed by atoms with Crippen molar-refractivity contribution in [2.45, 2.75) is 25.4 Å². The van der Waals surface area contributed by atoms with Crippen molar-refractivity contribution in [3.8, 4) is 0 Å². The highest BCUT2D eigenvalue weighted by atomic mass is 16.5. The number of hydrogen-bond donors (Lipinski definition) is 0. The number of hydrogen-bond acceptors (Lipinski definition) is 3. The molecule has 1 unspecified atom stereocenters. The van der Waals surface area contributed by atoms with Gasteiger partial charge in [-0.25, -0.2) is 9.79 Å². The van der Waals surface area contributed by atoms with E-state index in [9.17, 15) is 4.79 Å². The van der Waals surface area contributed by atoms with E-state index in [2.05, 4.69) is 11.6 Å². The van der Waals surface area contributed by atoms with Gasteiger partial charge in [-0.2, -0.15) is 0 Å². The standard InChI is InChI=1S/C9H13NO2/c1-8(6-10-7-11)5-9-3-2-4-12-9/h9H,1-6H2. The smallest absolute Gasteiger partial charge is 0.235 e. The highest BCUT2D eigenvalue weighted by Gasteiger charge is 2.15. The summed E-state index contributed by atoms with van der Waals surface area (Å²) >= 11 is 0. The molecule has 0 spiro atoms. The Balaban J connectivity index is 2.20. The van der Waals surface area contributed by atoms with Gasteiger partial charge in [0.1, 0.15) is 0 Å². The molecule has 0 amide bonds. The van der Waals surface area contributed by atoms with Crippen LogP contribution in [0.1, 0.15) is 19.3 Å². The third-order valence-corrected chi connectivity index (χ3v) is 1.91. The molecule has 12 heavy (non-hydrogen) atoms. The molecule has 0 N–H and O–H groups in total. The maximum atomic E-state index is 9.78. The number of rotatable bonds is 4. The number of carbonyl (C=O) groups excluding carboxylic acids is 1. The van der Waals surface area contributed by atoms with Crippen molar-refractivity contribution in [2.75, 3.05) is 13.2 Å². The molecule has 1 aliphatic rings. The summed E-state index contributed by atoms with van der Waals surface area (Å²) in [6.07, 6.45) is 4.86. The minimum absolute atomic E-state index is 0.305. The zero-order valence-corrected chi connectivity index (χ0v) is 7.08. The van der Waals surface area contributed by atoms with E-state index < -0.39 is 0 Å². The van der Waals surface area contributed by atoms with Gasteiger partial charge in [0.25, 0.3) is 0 Å². The lowest BCUT2D eigenvalue weighted by atomic mass is 10.1. The van der Waals surface area contributed by atoms with Crippen LogP contribution < -0.4 is 0 Å². The Hall–Kier alpha value is -0.920. The average molecular weight is 167 g/mol. The third-order valence-electron chi connectivity index (χ3n) is 1.91. The molecule has 0 aromatic rings. The first-order valence-corrected chi connectivity index (χ1v) is 4.15. The Kier molecular flexibility index (Phi) is 3.71. The van der Waals surface area contributed by atoms with Crippen LogP contribution in [0.5, 0.6) is 0 Å². The lowest BCUT2D eigenvalue weighted by molar-refractivity contribution is 0.111. The lowest BCUT2D eigenvalue weighted by Crippen LogP contribution is -2.06. The molecule has 1 saturated heterocycles. The molecule has 3 heteroatoms. The first kappa shape index (κ1) is 9.17. The van der Waals surface area contributed by atoms with E-state index in [0.29, 0.717) is 12.6 Å². The Morgan fingerprint density at radius 1 is 1.75 bits per heavy atom. The van der Waals surface area contributed by atoms with E-state index in [1.807, 2.05) is 0 Å². The number of aliphatic imine (C=N–C) groups is 1. The van der Waals surface area contributed by atoms with Gasteiger partial charge in [-0.1, -0.05) is 12.2 Å². The summed E-state index contributed by atoms with van der Waals surface area (Å²) in [4.78, 5) is 13.2. The fourth-order valence-electron chi connectivity index (χ4n) is 1.34. The molecule has 1 fully saturated rings. The van der Waals surface area contributed by atoms with Crippen molar-refractivity contribution < 1.29 is 9.53 Å². The first-order chi connectivity index (χ1) is 5.83. The van der Waals surface area contributed by atoms with Crippen LogP contribution in [0.4, 0.5) is 0 Å². The summed E-state index contributed by atoms with van der Waals surface area (Å²) in [5.74, 6) is 0. The predicted molar refractivity (Wildman–Crippen MR) is 45.7 cm³/mol. The summed E-state index contributed by atoms with van der Waals surface area (Å²) in [5, 5.41) is 0. The number of nitrogens with zero attached hydrogens (tertiary/aromatic N) is 1. The van der Waals surface area contributed by atoms with E-state index in [0.717, 1.165) is 31.4 Å². The van der Waals surface area contributed by atoms with Gasteiger partial charge in [0, 0.05) is 6.61 Å². The largest absolute Gasteiger partial charge is 0.378 e. The van der Waals surface area contributed by atoms with E-state index in [-0.39, 0.29) is 0 Å². The van der Waals surface area contributed by atoms with Gasteiger partial charge in [0.2, 0.25) is 6.08 Å². The van der Waals surface area contributed by atoms with Crippen LogP contribution >= 0.6 is 0 Å². The van der Waals surface area contributed by atoms with Crippen LogP contribution in [0.2, 0.25) is 0 Å². The molecule has 0 saturated carbocycles. The molecular weight excluding hydrogens is 154 g/mol. The highest BCUT2D eigenvalue weighted by molar-refractivity contribution is 5.33. The van der Waals surface area contributed by atoms with Crippen LogP contribution in [-0.2, 0) is 9.53 Å². The zero-order chi connectivity index (χ0) is 8.81. The molecular formula is C9H13NO2. The Labute approximate surface area is 72.1 Å². The Morgan fingerprint density at radius 2 is 2.58 bits per heavy atom. The van der Waals surface area contributed by atoms with Crippen LogP contribution in [-0.4, -0.2) is 25.3 Å². The van der Waals surface area contributed by atoms with Crippen LogP contribution in [0.15, 0.2) is 17.1 Å². The quantitative estimate of drug-likeness (QED) is 0.361. The summed E-state index contributed by atoms with van der Waals surface area (Å²) < 4.78 is 5.40. The maximum Gasteiger partial charge on any atom is 0.235 e. The van der Waals surface area contributed by atoms with E-state index >= 15 is 0 Å². The van der Waals surface area contributed by atoms with Gasteiger partial charge in [-0.15, -0.1) is 0 Å². The van der Waals surface area contributed by atoms with Crippen molar-refractivity contribution in [1.29, 1.82) is 0 Å². The fraction of sp³-hybridized carbons (Fsp3) is 0.667. The average Bonchev–Trinajstić information content (AvgIpc) is 2.53. The summed E-state index contributed by atoms with van der Waals surface area (Å²) in [5.41, 5.74) is 0.949. The normalized spacial score (nSPS) is 21.8. The van der Waals surface area contributed by atoms with E-state index in [4.69, 9.17) is 4.74 Å². The van der Waals surface area contributed by atoms with Gasteiger partial charge < -0.3 is 4.74 Å². The monoisotopic (exact) mass is 167 g/mol. The van der Waals surface area contributed by atoms with Crippen LogP contribution in [0.25, 0.3) is 0 Å². The third kappa shape index (κ3) is 2.99. The van der Waals surface area contributed by atoms with Gasteiger partial charge >= 0.3 is 0 Å². The van der Waals surface area contributed by atoms with Crippen molar-refractivity contribution in [2.24, 2.45) is 4.99 Å². The minimum Gasteiger partial charge on any atom is -0.378 e. The Bertz CT molecular complexity index is 201. The predicted octanol–water partition coefficient (Wildman–Crippen LogP) is 1.45. The Morgan fingerprint density at radius 3 is 3.17 bits per heavy atom. The molecule has 1 rings (SSSR count). The van der Waals surface area contributed by atoms with Crippen LogP contribution in [0, 0.1) is 0 Å².